The SMILES string of the molecule is COC(=O)C[C@H](C(N)=O)C(C)(C)C.COC(=O)N[C@H](C(=O)N[C@@H](Cc1ccc(C#Cc2ccc(N3CCN4CCOC[C@H]4C3)nc2)cc1)[C@@H](O)CNCc1c(F)cc(C(N)=CC=NC(F)F)cc1F)C(C)(C)C(F)(F)F. The summed E-state index contributed by atoms with van der Waals surface area (Å²) in [6, 6.07) is 8.97. The van der Waals surface area contributed by atoms with Gasteiger partial charge in [0.2, 0.25) is 11.8 Å². The van der Waals surface area contributed by atoms with E-state index < -0.39 is 96.4 Å². The van der Waals surface area contributed by atoms with E-state index in [-0.39, 0.29) is 29.5 Å². The molecule has 2 saturated heterocycles. The van der Waals surface area contributed by atoms with E-state index in [0.29, 0.717) is 49.4 Å². The lowest BCUT2D eigenvalue weighted by atomic mass is 9.78. The quantitative estimate of drug-likeness (QED) is 0.0322. The lowest BCUT2D eigenvalue weighted by Crippen LogP contribution is -2.62. The number of alkyl carbamates (subject to hydrolysis) is 1. The summed E-state index contributed by atoms with van der Waals surface area (Å²) >= 11 is 0. The molecule has 3 amide bonds. The summed E-state index contributed by atoms with van der Waals surface area (Å²) < 4.78 is 112. The number of hydrogen-bond donors (Lipinski definition) is 6. The van der Waals surface area contributed by atoms with E-state index in [4.69, 9.17) is 16.2 Å². The van der Waals surface area contributed by atoms with Gasteiger partial charge < -0.3 is 51.6 Å². The molecule has 1 aromatic heterocycles. The van der Waals surface area contributed by atoms with Crippen LogP contribution in [0.1, 0.15) is 68.9 Å². The van der Waals surface area contributed by atoms with Gasteiger partial charge in [0, 0.05) is 79.6 Å². The number of primary amides is 1. The third kappa shape index (κ3) is 18.2. The lowest BCUT2D eigenvalue weighted by molar-refractivity contribution is -0.220. The number of allylic oxidation sites excluding steroid dienone is 1. The van der Waals surface area contributed by atoms with Gasteiger partial charge in [-0.2, -0.15) is 22.0 Å². The Balaban J connectivity index is 0.000000844. The van der Waals surface area contributed by atoms with Gasteiger partial charge in [-0.15, -0.1) is 0 Å². The number of aliphatic imine (C=N–C) groups is 1. The minimum Gasteiger partial charge on any atom is -0.469 e. The maximum absolute atomic E-state index is 15.0. The molecular formula is C52H66F7N9O8. The second kappa shape index (κ2) is 27.8. The van der Waals surface area contributed by atoms with E-state index in [0.717, 1.165) is 63.9 Å². The van der Waals surface area contributed by atoms with E-state index in [1.807, 2.05) is 38.2 Å². The number of methoxy groups -OCH3 is 2. The number of amides is 3. The number of nitrogens with two attached hydrogens (primary N) is 2. The van der Waals surface area contributed by atoms with Crippen molar-refractivity contribution in [1.82, 2.24) is 25.8 Å². The maximum atomic E-state index is 15.0. The van der Waals surface area contributed by atoms with Crippen LogP contribution in [0, 0.1) is 40.2 Å². The minimum absolute atomic E-state index is 0.0509. The number of piperazine rings is 1. The van der Waals surface area contributed by atoms with Crippen LogP contribution in [0.3, 0.4) is 0 Å². The minimum atomic E-state index is -4.98. The Hall–Kier alpha value is -6.81. The summed E-state index contributed by atoms with van der Waals surface area (Å²) in [5.41, 5.74) is 8.71. The Kier molecular flexibility index (Phi) is 22.6. The molecule has 2 aliphatic heterocycles. The summed E-state index contributed by atoms with van der Waals surface area (Å²) in [6.45, 7) is 8.05. The summed E-state index contributed by atoms with van der Waals surface area (Å²) in [4.78, 5) is 59.7. The number of carbonyl (C=O) groups excluding carboxylic acids is 4. The smallest absolute Gasteiger partial charge is 0.407 e. The van der Waals surface area contributed by atoms with Crippen LogP contribution in [-0.2, 0) is 41.6 Å². The normalized spacial score (nSPS) is 17.0. The largest absolute Gasteiger partial charge is 0.469 e. The first-order chi connectivity index (χ1) is 35.6. The Morgan fingerprint density at radius 3 is 2.14 bits per heavy atom. The van der Waals surface area contributed by atoms with Gasteiger partial charge in [0.1, 0.15) is 23.5 Å². The van der Waals surface area contributed by atoms with E-state index in [2.05, 4.69) is 51.7 Å². The number of benzene rings is 2. The molecule has 0 unspecified atom stereocenters. The van der Waals surface area contributed by atoms with Gasteiger partial charge in [-0.1, -0.05) is 44.7 Å². The van der Waals surface area contributed by atoms with Gasteiger partial charge in [-0.25, -0.2) is 23.6 Å². The summed E-state index contributed by atoms with van der Waals surface area (Å²) in [5, 5.41) is 18.4. The zero-order valence-electron chi connectivity index (χ0n) is 43.3. The molecule has 416 valence electrons. The Morgan fingerprint density at radius 1 is 0.934 bits per heavy atom. The van der Waals surface area contributed by atoms with Gasteiger partial charge in [0.25, 0.3) is 0 Å². The molecular weight excluding hydrogens is 1010 g/mol. The molecule has 5 atom stereocenters. The fraction of sp³-hybridized carbons (Fsp3) is 0.500. The number of nitrogens with zero attached hydrogens (tertiary/aromatic N) is 4. The van der Waals surface area contributed by atoms with Crippen molar-refractivity contribution in [1.29, 1.82) is 0 Å². The molecule has 2 fully saturated rings. The van der Waals surface area contributed by atoms with Crippen molar-refractivity contribution >= 4 is 41.6 Å². The molecule has 5 rings (SSSR count). The summed E-state index contributed by atoms with van der Waals surface area (Å²) in [7, 11) is 2.21. The highest BCUT2D eigenvalue weighted by atomic mass is 19.4. The first-order valence-electron chi connectivity index (χ1n) is 24.0. The van der Waals surface area contributed by atoms with Crippen LogP contribution >= 0.6 is 0 Å². The van der Waals surface area contributed by atoms with Crippen LogP contribution in [0.5, 0.6) is 0 Å². The van der Waals surface area contributed by atoms with Crippen LogP contribution in [0.2, 0.25) is 0 Å². The number of fused-ring (bicyclic) bond motifs is 1. The summed E-state index contributed by atoms with van der Waals surface area (Å²) in [6.07, 6.45) is -4.64. The molecule has 3 heterocycles. The van der Waals surface area contributed by atoms with E-state index in [1.54, 1.807) is 30.5 Å². The number of rotatable bonds is 18. The van der Waals surface area contributed by atoms with Gasteiger partial charge in [0.15, 0.2) is 0 Å². The first-order valence-corrected chi connectivity index (χ1v) is 24.0. The van der Waals surface area contributed by atoms with Crippen LogP contribution < -0.4 is 32.3 Å². The molecule has 0 radical (unpaired) electrons. The van der Waals surface area contributed by atoms with Crippen molar-refractivity contribution in [2.24, 2.45) is 33.2 Å². The van der Waals surface area contributed by atoms with Crippen molar-refractivity contribution in [2.75, 3.05) is 65.1 Å². The van der Waals surface area contributed by atoms with Crippen LogP contribution in [-0.4, -0.2) is 142 Å². The van der Waals surface area contributed by atoms with Crippen molar-refractivity contribution in [3.05, 3.63) is 100 Å². The van der Waals surface area contributed by atoms with Crippen LogP contribution in [0.15, 0.2) is 65.8 Å². The van der Waals surface area contributed by atoms with Crippen molar-refractivity contribution in [2.45, 2.75) is 91.0 Å². The highest BCUT2D eigenvalue weighted by Crippen LogP contribution is 2.40. The average molecular weight is 1080 g/mol. The van der Waals surface area contributed by atoms with E-state index >= 15 is 8.78 Å². The van der Waals surface area contributed by atoms with Gasteiger partial charge in [-0.3, -0.25) is 19.3 Å². The predicted octanol–water partition coefficient (Wildman–Crippen LogP) is 5.06. The van der Waals surface area contributed by atoms with Crippen molar-refractivity contribution < 1.29 is 69.2 Å². The van der Waals surface area contributed by atoms with E-state index in [1.165, 1.54) is 7.11 Å². The molecule has 17 nitrogen and oxygen atoms in total. The highest BCUT2D eigenvalue weighted by Gasteiger charge is 2.56. The summed E-state index contributed by atoms with van der Waals surface area (Å²) in [5.74, 6) is 2.21. The first kappa shape index (κ1) is 61.7. The standard InChI is InChI=1S/C43H49F7N8O5.C9H17NO3/c1-42(2,43(48,49)50)38(56-41(61)62-3)39(60)55-35(36(59)23-52-22-31-32(44)19-29(20-33(31)45)34(51)12-13-53-40(46)47)18-27-7-4-26(5-8-27)6-9-28-10-11-37(54-21-28)58-15-14-57-16-17-63-25-30(57)24-58;1-9(2,3)6(8(10)12)5-7(11)13-4/h4-5,7-8,10-13,19-21,30,35-36,38,40,52,59H,14-18,22-25,51H2,1-3H3,(H,55,60)(H,56,61);6H,5H2,1-4H3,(H2,10,12)/t30-,35+,36+,38-;6-/m11/s1. The molecule has 0 spiro atoms. The molecule has 0 saturated carbocycles. The van der Waals surface area contributed by atoms with Gasteiger partial charge in [-0.05, 0) is 73.7 Å². The Bertz CT molecular complexity index is 2540. The number of halogens is 7. The number of carbonyl (C=O) groups is 4. The van der Waals surface area contributed by atoms with E-state index in [9.17, 15) is 46.2 Å². The molecule has 2 aromatic carbocycles. The topological polar surface area (TPSA) is 236 Å². The highest BCUT2D eigenvalue weighted by molar-refractivity contribution is 5.87. The molecule has 8 N–H and O–H groups in total. The monoisotopic (exact) mass is 1080 g/mol. The third-order valence-corrected chi connectivity index (χ3v) is 12.8. The van der Waals surface area contributed by atoms with Gasteiger partial charge in [0.05, 0.1) is 63.4 Å². The number of aliphatic hydroxyl groups excluding tert-OH is 1. The second-order valence-electron chi connectivity index (χ2n) is 19.6. The van der Waals surface area contributed by atoms with Crippen LogP contribution in [0.4, 0.5) is 41.3 Å². The molecule has 0 aliphatic carbocycles. The predicted molar refractivity (Wildman–Crippen MR) is 269 cm³/mol. The number of morpholine rings is 1. The number of aromatic nitrogens is 1. The molecule has 0 bridgehead atoms. The molecule has 24 heteroatoms. The van der Waals surface area contributed by atoms with Gasteiger partial charge >= 0.3 is 24.8 Å². The number of ether oxygens (including phenoxy) is 3. The fourth-order valence-electron chi connectivity index (χ4n) is 7.98. The number of alkyl halides is 5. The zero-order valence-corrected chi connectivity index (χ0v) is 43.3. The number of aliphatic hydroxyl groups is 1. The zero-order chi connectivity index (χ0) is 56.5. The maximum Gasteiger partial charge on any atom is 0.407 e. The molecule has 2 aliphatic rings. The number of anilines is 1. The lowest BCUT2D eigenvalue weighted by Gasteiger charge is -2.44. The number of esters is 1. The Labute approximate surface area is 437 Å². The second-order valence-corrected chi connectivity index (χ2v) is 19.6. The number of hydrogen-bond acceptors (Lipinski definition) is 14. The Morgan fingerprint density at radius 2 is 1.58 bits per heavy atom. The average Bonchev–Trinajstić information content (AvgIpc) is 3.36. The van der Waals surface area contributed by atoms with Crippen molar-refractivity contribution in [3.63, 3.8) is 0 Å². The van der Waals surface area contributed by atoms with Crippen LogP contribution in [0.25, 0.3) is 5.70 Å². The molecule has 76 heavy (non-hydrogen) atoms. The molecule has 3 aromatic rings. The number of pyridine rings is 1. The fourth-order valence-corrected chi connectivity index (χ4v) is 7.98. The third-order valence-electron chi connectivity index (χ3n) is 12.8. The van der Waals surface area contributed by atoms with Crippen molar-refractivity contribution in [3.8, 4) is 11.8 Å². The number of nitrogens with one attached hydrogen (secondary N) is 3.